The van der Waals surface area contributed by atoms with Gasteiger partial charge in [-0.25, -0.2) is 9.97 Å². The Balaban J connectivity index is 1.47. The quantitative estimate of drug-likeness (QED) is 0.775. The van der Waals surface area contributed by atoms with Crippen molar-refractivity contribution in [1.82, 2.24) is 14.9 Å². The van der Waals surface area contributed by atoms with E-state index in [1.807, 2.05) is 26.0 Å². The fourth-order valence-electron chi connectivity index (χ4n) is 3.21. The minimum absolute atomic E-state index is 0.704. The van der Waals surface area contributed by atoms with Gasteiger partial charge in [0, 0.05) is 39.3 Å². The summed E-state index contributed by atoms with van der Waals surface area (Å²) in [6.07, 6.45) is 0. The van der Waals surface area contributed by atoms with Crippen molar-refractivity contribution in [2.45, 2.75) is 13.8 Å². The van der Waals surface area contributed by atoms with Gasteiger partial charge < -0.3 is 15.0 Å². The molecule has 1 saturated heterocycles. The molecule has 6 nitrogen and oxygen atoms in total. The molecular formula is C19H26BrN5O. The number of piperazine rings is 1. The Morgan fingerprint density at radius 2 is 1.73 bits per heavy atom. The molecule has 0 unspecified atom stereocenters. The summed E-state index contributed by atoms with van der Waals surface area (Å²) in [5, 5.41) is 3.34. The van der Waals surface area contributed by atoms with E-state index >= 15 is 0 Å². The summed E-state index contributed by atoms with van der Waals surface area (Å²) in [5.74, 6) is 1.65. The van der Waals surface area contributed by atoms with Crippen LogP contribution in [0.2, 0.25) is 0 Å². The summed E-state index contributed by atoms with van der Waals surface area (Å²) in [6, 6.07) is 8.23. The van der Waals surface area contributed by atoms with Crippen molar-refractivity contribution in [3.8, 4) is 5.75 Å². The molecule has 1 N–H and O–H groups in total. The van der Waals surface area contributed by atoms with E-state index in [9.17, 15) is 0 Å². The Kier molecular flexibility index (Phi) is 6.32. The summed E-state index contributed by atoms with van der Waals surface area (Å²) >= 11 is 3.50. The van der Waals surface area contributed by atoms with Gasteiger partial charge in [-0.3, -0.25) is 4.90 Å². The molecule has 7 heteroatoms. The monoisotopic (exact) mass is 419 g/mol. The van der Waals surface area contributed by atoms with E-state index in [-0.39, 0.29) is 0 Å². The predicted molar refractivity (Wildman–Crippen MR) is 109 cm³/mol. The molecular weight excluding hydrogens is 394 g/mol. The first-order valence-corrected chi connectivity index (χ1v) is 9.72. The molecule has 3 rings (SSSR count). The number of anilines is 2. The predicted octanol–water partition coefficient (Wildman–Crippen LogP) is 3.10. The molecule has 0 amide bonds. The van der Waals surface area contributed by atoms with Crippen LogP contribution in [0.25, 0.3) is 0 Å². The van der Waals surface area contributed by atoms with Crippen LogP contribution in [0.5, 0.6) is 5.75 Å². The third-order valence-corrected chi connectivity index (χ3v) is 5.84. The van der Waals surface area contributed by atoms with E-state index in [4.69, 9.17) is 4.74 Å². The molecule has 0 bridgehead atoms. The van der Waals surface area contributed by atoms with Gasteiger partial charge in [-0.2, -0.15) is 0 Å². The van der Waals surface area contributed by atoms with Gasteiger partial charge in [0.25, 0.3) is 0 Å². The van der Waals surface area contributed by atoms with E-state index in [0.717, 1.165) is 60.9 Å². The first kappa shape index (κ1) is 18.9. The molecule has 0 radical (unpaired) electrons. The SMILES string of the molecule is COc1ccccc1N1CCN(CCNc2nc(C)c(Br)c(C)n2)CC1. The maximum Gasteiger partial charge on any atom is 0.223 e. The lowest BCUT2D eigenvalue weighted by Crippen LogP contribution is -2.47. The zero-order valence-corrected chi connectivity index (χ0v) is 17.2. The summed E-state index contributed by atoms with van der Waals surface area (Å²) in [7, 11) is 1.73. The van der Waals surface area contributed by atoms with E-state index in [0.29, 0.717) is 5.95 Å². The highest BCUT2D eigenvalue weighted by molar-refractivity contribution is 9.10. The summed E-state index contributed by atoms with van der Waals surface area (Å²) in [5.41, 5.74) is 3.11. The Morgan fingerprint density at radius 3 is 2.38 bits per heavy atom. The molecule has 1 aliphatic heterocycles. The van der Waals surface area contributed by atoms with Gasteiger partial charge in [0.1, 0.15) is 5.75 Å². The second-order valence-electron chi connectivity index (χ2n) is 6.46. The van der Waals surface area contributed by atoms with Crippen LogP contribution in [0.1, 0.15) is 11.4 Å². The number of hydrogen-bond donors (Lipinski definition) is 1. The first-order valence-electron chi connectivity index (χ1n) is 8.93. The van der Waals surface area contributed by atoms with Gasteiger partial charge in [-0.1, -0.05) is 12.1 Å². The maximum atomic E-state index is 5.48. The maximum absolute atomic E-state index is 5.48. The van der Waals surface area contributed by atoms with Crippen molar-refractivity contribution in [3.05, 3.63) is 40.1 Å². The molecule has 26 heavy (non-hydrogen) atoms. The highest BCUT2D eigenvalue weighted by Gasteiger charge is 2.19. The average molecular weight is 420 g/mol. The number of benzene rings is 1. The normalized spacial score (nSPS) is 15.2. The van der Waals surface area contributed by atoms with Gasteiger partial charge in [0.05, 0.1) is 28.7 Å². The van der Waals surface area contributed by atoms with Gasteiger partial charge in [0.15, 0.2) is 0 Å². The summed E-state index contributed by atoms with van der Waals surface area (Å²) in [4.78, 5) is 13.8. The second kappa shape index (κ2) is 8.68. The Morgan fingerprint density at radius 1 is 1.08 bits per heavy atom. The van der Waals surface area contributed by atoms with Crippen molar-refractivity contribution in [1.29, 1.82) is 0 Å². The highest BCUT2D eigenvalue weighted by Crippen LogP contribution is 2.28. The Bertz CT molecular complexity index is 723. The number of nitrogens with zero attached hydrogens (tertiary/aromatic N) is 4. The fraction of sp³-hybridized carbons (Fsp3) is 0.474. The van der Waals surface area contributed by atoms with E-state index < -0.39 is 0 Å². The van der Waals surface area contributed by atoms with Crippen molar-refractivity contribution in [2.24, 2.45) is 0 Å². The van der Waals surface area contributed by atoms with Crippen molar-refractivity contribution in [3.63, 3.8) is 0 Å². The number of hydrogen-bond acceptors (Lipinski definition) is 6. The third kappa shape index (κ3) is 4.45. The fourth-order valence-corrected chi connectivity index (χ4v) is 3.39. The van der Waals surface area contributed by atoms with Crippen LogP contribution < -0.4 is 15.0 Å². The molecule has 0 aliphatic carbocycles. The van der Waals surface area contributed by atoms with E-state index in [1.165, 1.54) is 5.69 Å². The number of methoxy groups -OCH3 is 1. The molecule has 2 aromatic rings. The van der Waals surface area contributed by atoms with Crippen LogP contribution in [0, 0.1) is 13.8 Å². The van der Waals surface area contributed by atoms with Gasteiger partial charge >= 0.3 is 0 Å². The van der Waals surface area contributed by atoms with Gasteiger partial charge in [0.2, 0.25) is 5.95 Å². The largest absolute Gasteiger partial charge is 0.495 e. The van der Waals surface area contributed by atoms with Crippen LogP contribution in [0.4, 0.5) is 11.6 Å². The smallest absolute Gasteiger partial charge is 0.223 e. The number of para-hydroxylation sites is 2. The van der Waals surface area contributed by atoms with Crippen LogP contribution >= 0.6 is 15.9 Å². The highest BCUT2D eigenvalue weighted by atomic mass is 79.9. The minimum atomic E-state index is 0.704. The molecule has 1 aromatic carbocycles. The van der Waals surface area contributed by atoms with Crippen molar-refractivity contribution >= 4 is 27.6 Å². The number of ether oxygens (including phenoxy) is 1. The van der Waals surface area contributed by atoms with Gasteiger partial charge in [-0.15, -0.1) is 0 Å². The number of aryl methyl sites for hydroxylation is 2. The molecule has 0 saturated carbocycles. The lowest BCUT2D eigenvalue weighted by Gasteiger charge is -2.36. The topological polar surface area (TPSA) is 53.5 Å². The summed E-state index contributed by atoms with van der Waals surface area (Å²) < 4.78 is 6.47. The standard InChI is InChI=1S/C19H26BrN5O/c1-14-18(20)15(2)23-19(22-14)21-8-9-24-10-12-25(13-11-24)16-6-4-5-7-17(16)26-3/h4-7H,8-13H2,1-3H3,(H,21,22,23). The average Bonchev–Trinajstić information content (AvgIpc) is 2.66. The zero-order chi connectivity index (χ0) is 18.5. The lowest BCUT2D eigenvalue weighted by molar-refractivity contribution is 0.266. The minimum Gasteiger partial charge on any atom is -0.495 e. The van der Waals surface area contributed by atoms with Gasteiger partial charge in [-0.05, 0) is 41.9 Å². The van der Waals surface area contributed by atoms with E-state index in [2.05, 4.69) is 53.1 Å². The van der Waals surface area contributed by atoms with Crippen LogP contribution in [-0.2, 0) is 0 Å². The zero-order valence-electron chi connectivity index (χ0n) is 15.6. The van der Waals surface area contributed by atoms with Crippen molar-refractivity contribution in [2.75, 3.05) is 56.6 Å². The van der Waals surface area contributed by atoms with Crippen LogP contribution in [-0.4, -0.2) is 61.2 Å². The second-order valence-corrected chi connectivity index (χ2v) is 7.25. The molecule has 140 valence electrons. The molecule has 1 aliphatic rings. The molecule has 0 spiro atoms. The molecule has 1 aromatic heterocycles. The molecule has 2 heterocycles. The summed E-state index contributed by atoms with van der Waals surface area (Å²) in [6.45, 7) is 9.90. The number of rotatable bonds is 6. The number of halogens is 1. The van der Waals surface area contributed by atoms with Crippen molar-refractivity contribution < 1.29 is 4.74 Å². The third-order valence-electron chi connectivity index (χ3n) is 4.69. The number of nitrogens with one attached hydrogen (secondary N) is 1. The lowest BCUT2D eigenvalue weighted by atomic mass is 10.2. The van der Waals surface area contributed by atoms with E-state index in [1.54, 1.807) is 7.11 Å². The number of aromatic nitrogens is 2. The molecule has 0 atom stereocenters. The van der Waals surface area contributed by atoms with Crippen LogP contribution in [0.15, 0.2) is 28.7 Å². The molecule has 1 fully saturated rings. The van der Waals surface area contributed by atoms with Crippen LogP contribution in [0.3, 0.4) is 0 Å². The Hall–Kier alpha value is -1.86. The Labute approximate surface area is 163 Å². The first-order chi connectivity index (χ1) is 12.6.